The van der Waals surface area contributed by atoms with Gasteiger partial charge in [-0.05, 0) is 31.0 Å². The highest BCUT2D eigenvalue weighted by molar-refractivity contribution is 7.17. The van der Waals surface area contributed by atoms with Crippen molar-refractivity contribution in [3.63, 3.8) is 0 Å². The lowest BCUT2D eigenvalue weighted by molar-refractivity contribution is 0.475. The Hall–Kier alpha value is -1.55. The molecule has 0 amide bonds. The molecule has 0 fully saturated rings. The Kier molecular flexibility index (Phi) is 2.60. The Morgan fingerprint density at radius 3 is 2.80 bits per heavy atom. The third-order valence-electron chi connectivity index (χ3n) is 2.04. The fourth-order valence-electron chi connectivity index (χ4n) is 1.23. The van der Waals surface area contributed by atoms with Gasteiger partial charge < -0.3 is 10.5 Å². The van der Waals surface area contributed by atoms with Crippen LogP contribution in [0, 0.1) is 13.8 Å². The number of aromatic nitrogens is 1. The minimum absolute atomic E-state index is 0.584. The van der Waals surface area contributed by atoms with Crippen LogP contribution in [0.5, 0.6) is 10.9 Å². The van der Waals surface area contributed by atoms with Crippen molar-refractivity contribution in [1.29, 1.82) is 0 Å². The molecule has 0 unspecified atom stereocenters. The van der Waals surface area contributed by atoms with E-state index in [9.17, 15) is 0 Å². The molecule has 15 heavy (non-hydrogen) atoms. The van der Waals surface area contributed by atoms with E-state index in [1.54, 1.807) is 6.20 Å². The van der Waals surface area contributed by atoms with Gasteiger partial charge >= 0.3 is 0 Å². The second-order valence-corrected chi connectivity index (χ2v) is 4.42. The largest absolute Gasteiger partial charge is 0.431 e. The van der Waals surface area contributed by atoms with Gasteiger partial charge in [0, 0.05) is 0 Å². The number of nitrogen functional groups attached to an aromatic ring is 1. The third-order valence-corrected chi connectivity index (χ3v) is 2.75. The number of thiazole rings is 1. The zero-order valence-corrected chi connectivity index (χ0v) is 9.47. The van der Waals surface area contributed by atoms with Crippen molar-refractivity contribution in [1.82, 2.24) is 4.98 Å². The molecule has 0 radical (unpaired) electrons. The van der Waals surface area contributed by atoms with Crippen LogP contribution in [0.1, 0.15) is 11.1 Å². The standard InChI is InChI=1S/C11H12N2OS/c1-7-3-4-8(2)9(5-7)14-11-13-6-10(12)15-11/h3-6H,12H2,1-2H3. The molecule has 2 aromatic rings. The van der Waals surface area contributed by atoms with Gasteiger partial charge in [0.05, 0.1) is 6.20 Å². The molecule has 0 saturated heterocycles. The van der Waals surface area contributed by atoms with E-state index in [-0.39, 0.29) is 0 Å². The molecule has 2 rings (SSSR count). The summed E-state index contributed by atoms with van der Waals surface area (Å²) in [6.07, 6.45) is 1.60. The predicted molar refractivity (Wildman–Crippen MR) is 62.5 cm³/mol. The van der Waals surface area contributed by atoms with Crippen LogP contribution in [-0.4, -0.2) is 4.98 Å². The van der Waals surface area contributed by atoms with Crippen molar-refractivity contribution in [2.75, 3.05) is 5.73 Å². The summed E-state index contributed by atoms with van der Waals surface area (Å²) in [5.74, 6) is 0.837. The van der Waals surface area contributed by atoms with Crippen LogP contribution in [0.4, 0.5) is 5.00 Å². The number of hydrogen-bond donors (Lipinski definition) is 1. The van der Waals surface area contributed by atoms with Crippen LogP contribution in [-0.2, 0) is 0 Å². The zero-order valence-electron chi connectivity index (χ0n) is 8.65. The first-order valence-corrected chi connectivity index (χ1v) is 5.43. The van der Waals surface area contributed by atoms with E-state index >= 15 is 0 Å². The highest BCUT2D eigenvalue weighted by Crippen LogP contribution is 2.30. The molecule has 4 heteroatoms. The molecule has 1 aromatic carbocycles. The summed E-state index contributed by atoms with van der Waals surface area (Å²) in [4.78, 5) is 4.05. The smallest absolute Gasteiger partial charge is 0.280 e. The normalized spacial score (nSPS) is 10.3. The highest BCUT2D eigenvalue weighted by Gasteiger charge is 2.04. The van der Waals surface area contributed by atoms with Crippen molar-refractivity contribution in [3.8, 4) is 10.9 Å². The molecular weight excluding hydrogens is 208 g/mol. The van der Waals surface area contributed by atoms with E-state index < -0.39 is 0 Å². The number of aryl methyl sites for hydroxylation is 2. The molecule has 0 saturated carbocycles. The quantitative estimate of drug-likeness (QED) is 0.845. The fourth-order valence-corrected chi connectivity index (χ4v) is 1.77. The van der Waals surface area contributed by atoms with E-state index in [0.29, 0.717) is 10.2 Å². The van der Waals surface area contributed by atoms with Crippen molar-refractivity contribution in [2.24, 2.45) is 0 Å². The molecule has 0 aliphatic carbocycles. The van der Waals surface area contributed by atoms with Gasteiger partial charge in [0.1, 0.15) is 10.8 Å². The average Bonchev–Trinajstić information content (AvgIpc) is 2.58. The lowest BCUT2D eigenvalue weighted by Gasteiger charge is -2.05. The summed E-state index contributed by atoms with van der Waals surface area (Å²) in [6, 6.07) is 6.08. The van der Waals surface area contributed by atoms with Crippen molar-refractivity contribution < 1.29 is 4.74 Å². The zero-order chi connectivity index (χ0) is 10.8. The van der Waals surface area contributed by atoms with Crippen molar-refractivity contribution in [2.45, 2.75) is 13.8 Å². The minimum atomic E-state index is 0.584. The third kappa shape index (κ3) is 2.27. The summed E-state index contributed by atoms with van der Waals surface area (Å²) in [5.41, 5.74) is 7.84. The van der Waals surface area contributed by atoms with Crippen LogP contribution in [0.3, 0.4) is 0 Å². The Morgan fingerprint density at radius 1 is 1.33 bits per heavy atom. The summed E-state index contributed by atoms with van der Waals surface area (Å²) >= 11 is 1.34. The molecule has 1 heterocycles. The van der Waals surface area contributed by atoms with Gasteiger partial charge in [-0.25, -0.2) is 4.98 Å². The number of anilines is 1. The van der Waals surface area contributed by atoms with Gasteiger partial charge in [0.15, 0.2) is 0 Å². The van der Waals surface area contributed by atoms with Gasteiger partial charge in [-0.1, -0.05) is 23.5 Å². The van der Waals surface area contributed by atoms with E-state index in [0.717, 1.165) is 11.3 Å². The topological polar surface area (TPSA) is 48.1 Å². The van der Waals surface area contributed by atoms with E-state index in [4.69, 9.17) is 10.5 Å². The molecule has 0 atom stereocenters. The molecule has 78 valence electrons. The first-order chi connectivity index (χ1) is 7.15. The van der Waals surface area contributed by atoms with Crippen LogP contribution in [0.2, 0.25) is 0 Å². The van der Waals surface area contributed by atoms with Crippen LogP contribution in [0.15, 0.2) is 24.4 Å². The second kappa shape index (κ2) is 3.90. The number of nitrogens with two attached hydrogens (primary N) is 1. The first-order valence-electron chi connectivity index (χ1n) is 4.61. The first kappa shape index (κ1) is 9.98. The van der Waals surface area contributed by atoms with Crippen LogP contribution >= 0.6 is 11.3 Å². The molecule has 3 nitrogen and oxygen atoms in total. The molecule has 1 aromatic heterocycles. The molecule has 0 aliphatic rings. The van der Waals surface area contributed by atoms with Crippen LogP contribution in [0.25, 0.3) is 0 Å². The Bertz CT molecular complexity index is 479. The summed E-state index contributed by atoms with van der Waals surface area (Å²) in [7, 11) is 0. The SMILES string of the molecule is Cc1ccc(C)c(Oc2ncc(N)s2)c1. The van der Waals surface area contributed by atoms with Gasteiger partial charge in [-0.3, -0.25) is 0 Å². The van der Waals surface area contributed by atoms with E-state index in [2.05, 4.69) is 11.1 Å². The predicted octanol–water partition coefficient (Wildman–Crippen LogP) is 3.13. The average molecular weight is 220 g/mol. The Labute approximate surface area is 92.5 Å². The van der Waals surface area contributed by atoms with Gasteiger partial charge in [-0.2, -0.15) is 0 Å². The second-order valence-electron chi connectivity index (χ2n) is 3.40. The number of rotatable bonds is 2. The Morgan fingerprint density at radius 2 is 2.13 bits per heavy atom. The molecule has 0 aliphatic heterocycles. The maximum Gasteiger partial charge on any atom is 0.280 e. The van der Waals surface area contributed by atoms with E-state index in [1.807, 2.05) is 26.0 Å². The van der Waals surface area contributed by atoms with Gasteiger partial charge in [0.2, 0.25) is 0 Å². The molecule has 0 spiro atoms. The Balaban J connectivity index is 2.27. The molecule has 2 N–H and O–H groups in total. The van der Waals surface area contributed by atoms with Gasteiger partial charge in [-0.15, -0.1) is 0 Å². The lowest BCUT2D eigenvalue weighted by atomic mass is 10.1. The molecular formula is C11H12N2OS. The minimum Gasteiger partial charge on any atom is -0.431 e. The monoisotopic (exact) mass is 220 g/mol. The fraction of sp³-hybridized carbons (Fsp3) is 0.182. The highest BCUT2D eigenvalue weighted by atomic mass is 32.1. The van der Waals surface area contributed by atoms with E-state index in [1.165, 1.54) is 16.9 Å². The molecule has 0 bridgehead atoms. The summed E-state index contributed by atoms with van der Waals surface area (Å²) in [5, 5.41) is 1.25. The number of benzene rings is 1. The number of ether oxygens (including phenoxy) is 1. The lowest BCUT2D eigenvalue weighted by Crippen LogP contribution is -1.87. The van der Waals surface area contributed by atoms with Crippen molar-refractivity contribution in [3.05, 3.63) is 35.5 Å². The van der Waals surface area contributed by atoms with Gasteiger partial charge in [0.25, 0.3) is 5.19 Å². The number of nitrogens with zero attached hydrogens (tertiary/aromatic N) is 1. The van der Waals surface area contributed by atoms with Crippen molar-refractivity contribution >= 4 is 16.3 Å². The maximum absolute atomic E-state index is 5.64. The summed E-state index contributed by atoms with van der Waals surface area (Å²) in [6.45, 7) is 4.04. The number of hydrogen-bond acceptors (Lipinski definition) is 4. The van der Waals surface area contributed by atoms with Crippen LogP contribution < -0.4 is 10.5 Å². The maximum atomic E-state index is 5.64. The summed E-state index contributed by atoms with van der Waals surface area (Å²) < 4.78 is 5.64.